The van der Waals surface area contributed by atoms with E-state index in [-0.39, 0.29) is 0 Å². The van der Waals surface area contributed by atoms with E-state index in [1.807, 2.05) is 49.6 Å². The van der Waals surface area contributed by atoms with Crippen LogP contribution in [-0.4, -0.2) is 22.2 Å². The molecule has 0 radical (unpaired) electrons. The number of rotatable bonds is 2. The Morgan fingerprint density at radius 2 is 1.94 bits per heavy atom. The maximum absolute atomic E-state index is 4.24. The van der Waals surface area contributed by atoms with Crippen molar-refractivity contribution in [2.45, 2.75) is 0 Å². The van der Waals surface area contributed by atoms with Gasteiger partial charge in [-0.1, -0.05) is 18.2 Å². The van der Waals surface area contributed by atoms with Crippen LogP contribution in [0.2, 0.25) is 0 Å². The number of nitrogens with one attached hydrogen (secondary N) is 1. The molecule has 0 bridgehead atoms. The van der Waals surface area contributed by atoms with Gasteiger partial charge in [-0.3, -0.25) is 4.98 Å². The predicted molar refractivity (Wildman–Crippen MR) is 72.3 cm³/mol. The van der Waals surface area contributed by atoms with E-state index in [2.05, 4.69) is 20.5 Å². The van der Waals surface area contributed by atoms with Crippen molar-refractivity contribution < 1.29 is 0 Å². The van der Waals surface area contributed by atoms with E-state index in [0.717, 1.165) is 27.8 Å². The number of anilines is 1. The third kappa shape index (κ3) is 1.78. The molecule has 0 atom stereocenters. The molecule has 18 heavy (non-hydrogen) atoms. The van der Waals surface area contributed by atoms with Gasteiger partial charge >= 0.3 is 0 Å². The Kier molecular flexibility index (Phi) is 2.61. The molecule has 0 amide bonds. The number of hydrogen-bond acceptors (Lipinski definition) is 4. The molecule has 0 unspecified atom stereocenters. The molecule has 0 fully saturated rings. The first-order chi connectivity index (χ1) is 8.88. The van der Waals surface area contributed by atoms with Crippen molar-refractivity contribution in [3.8, 4) is 11.3 Å². The number of benzene rings is 1. The number of aromatic nitrogens is 3. The molecule has 0 aliphatic carbocycles. The molecule has 0 saturated carbocycles. The maximum Gasteiger partial charge on any atom is 0.148 e. The lowest BCUT2D eigenvalue weighted by molar-refractivity contribution is 1.04. The van der Waals surface area contributed by atoms with E-state index in [1.54, 1.807) is 6.20 Å². The van der Waals surface area contributed by atoms with Crippen LogP contribution in [-0.2, 0) is 0 Å². The fourth-order valence-electron chi connectivity index (χ4n) is 1.96. The smallest absolute Gasteiger partial charge is 0.148 e. The summed E-state index contributed by atoms with van der Waals surface area (Å²) in [5.74, 6) is 0.764. The first-order valence-electron chi connectivity index (χ1n) is 5.73. The highest BCUT2D eigenvalue weighted by Gasteiger charge is 2.05. The summed E-state index contributed by atoms with van der Waals surface area (Å²) < 4.78 is 0. The molecular weight excluding hydrogens is 224 g/mol. The van der Waals surface area contributed by atoms with E-state index in [1.165, 1.54) is 0 Å². The highest BCUT2D eigenvalue weighted by Crippen LogP contribution is 2.26. The second-order valence-electron chi connectivity index (χ2n) is 3.96. The third-order valence-corrected chi connectivity index (χ3v) is 2.88. The monoisotopic (exact) mass is 236 g/mol. The van der Waals surface area contributed by atoms with Gasteiger partial charge in [0.05, 0.1) is 5.69 Å². The summed E-state index contributed by atoms with van der Waals surface area (Å²) in [6.07, 6.45) is 3.65. The molecule has 4 nitrogen and oxygen atoms in total. The summed E-state index contributed by atoms with van der Waals surface area (Å²) >= 11 is 0. The largest absolute Gasteiger partial charge is 0.372 e. The van der Waals surface area contributed by atoms with Crippen LogP contribution in [0.15, 0.2) is 48.8 Å². The zero-order valence-electron chi connectivity index (χ0n) is 9.96. The van der Waals surface area contributed by atoms with E-state index in [0.29, 0.717) is 0 Å². The normalized spacial score (nSPS) is 10.5. The van der Waals surface area contributed by atoms with Crippen LogP contribution in [0.25, 0.3) is 22.0 Å². The predicted octanol–water partition coefficient (Wildman–Crippen LogP) is 2.73. The highest BCUT2D eigenvalue weighted by atomic mass is 15.2. The molecule has 0 spiro atoms. The van der Waals surface area contributed by atoms with Crippen molar-refractivity contribution in [1.82, 2.24) is 15.2 Å². The van der Waals surface area contributed by atoms with Crippen molar-refractivity contribution >= 4 is 16.6 Å². The van der Waals surface area contributed by atoms with Crippen LogP contribution in [0.1, 0.15) is 0 Å². The molecule has 88 valence electrons. The minimum Gasteiger partial charge on any atom is -0.372 e. The average Bonchev–Trinajstić information content (AvgIpc) is 2.47. The second-order valence-corrected chi connectivity index (χ2v) is 3.96. The van der Waals surface area contributed by atoms with Gasteiger partial charge in [-0.15, -0.1) is 10.2 Å². The minimum atomic E-state index is 0.764. The van der Waals surface area contributed by atoms with Gasteiger partial charge in [0.1, 0.15) is 5.82 Å². The van der Waals surface area contributed by atoms with Gasteiger partial charge in [0, 0.05) is 30.4 Å². The number of nitrogens with zero attached hydrogens (tertiary/aromatic N) is 3. The van der Waals surface area contributed by atoms with Gasteiger partial charge in [0.15, 0.2) is 0 Å². The molecule has 4 heteroatoms. The standard InChI is InChI=1S/C14H12N4/c1-15-14-6-5-13(17-18-14)12-4-2-3-10-9-16-8-7-11(10)12/h2-9H,1H3,(H,15,18). The Morgan fingerprint density at radius 3 is 2.72 bits per heavy atom. The van der Waals surface area contributed by atoms with Crippen molar-refractivity contribution in [3.63, 3.8) is 0 Å². The molecule has 3 aromatic rings. The van der Waals surface area contributed by atoms with Crippen LogP contribution in [0.4, 0.5) is 5.82 Å². The van der Waals surface area contributed by atoms with Gasteiger partial charge in [-0.05, 0) is 23.6 Å². The quantitative estimate of drug-likeness (QED) is 0.743. The van der Waals surface area contributed by atoms with Gasteiger partial charge in [0.25, 0.3) is 0 Å². The van der Waals surface area contributed by atoms with Crippen LogP contribution in [0, 0.1) is 0 Å². The van der Waals surface area contributed by atoms with Crippen molar-refractivity contribution in [2.75, 3.05) is 12.4 Å². The van der Waals surface area contributed by atoms with Gasteiger partial charge in [-0.2, -0.15) is 0 Å². The highest BCUT2D eigenvalue weighted by molar-refractivity contribution is 5.95. The Morgan fingerprint density at radius 1 is 1.00 bits per heavy atom. The van der Waals surface area contributed by atoms with Crippen LogP contribution in [0.3, 0.4) is 0 Å². The third-order valence-electron chi connectivity index (χ3n) is 2.88. The lowest BCUT2D eigenvalue weighted by Gasteiger charge is -2.05. The summed E-state index contributed by atoms with van der Waals surface area (Å²) in [7, 11) is 1.83. The molecular formula is C14H12N4. The van der Waals surface area contributed by atoms with Gasteiger partial charge in [0.2, 0.25) is 0 Å². The average molecular weight is 236 g/mol. The Bertz CT molecular complexity index is 671. The summed E-state index contributed by atoms with van der Waals surface area (Å²) in [6, 6.07) is 12.0. The minimum absolute atomic E-state index is 0.764. The number of fused-ring (bicyclic) bond motifs is 1. The second kappa shape index (κ2) is 4.41. The fraction of sp³-hybridized carbons (Fsp3) is 0.0714. The van der Waals surface area contributed by atoms with Crippen molar-refractivity contribution in [1.29, 1.82) is 0 Å². The molecule has 0 aliphatic heterocycles. The molecule has 2 aromatic heterocycles. The first kappa shape index (κ1) is 10.7. The van der Waals surface area contributed by atoms with Crippen LogP contribution in [0.5, 0.6) is 0 Å². The van der Waals surface area contributed by atoms with E-state index in [9.17, 15) is 0 Å². The van der Waals surface area contributed by atoms with Gasteiger partial charge in [-0.25, -0.2) is 0 Å². The summed E-state index contributed by atoms with van der Waals surface area (Å²) in [6.45, 7) is 0. The Balaban J connectivity index is 2.18. The van der Waals surface area contributed by atoms with Crippen LogP contribution >= 0.6 is 0 Å². The first-order valence-corrected chi connectivity index (χ1v) is 5.73. The molecule has 1 aromatic carbocycles. The fourth-order valence-corrected chi connectivity index (χ4v) is 1.96. The topological polar surface area (TPSA) is 50.7 Å². The number of hydrogen-bond donors (Lipinski definition) is 1. The van der Waals surface area contributed by atoms with Crippen molar-refractivity contribution in [3.05, 3.63) is 48.8 Å². The molecule has 1 N–H and O–H groups in total. The summed E-state index contributed by atoms with van der Waals surface area (Å²) in [5, 5.41) is 13.5. The van der Waals surface area contributed by atoms with E-state index < -0.39 is 0 Å². The summed E-state index contributed by atoms with van der Waals surface area (Å²) in [4.78, 5) is 4.13. The molecule has 2 heterocycles. The van der Waals surface area contributed by atoms with Crippen molar-refractivity contribution in [2.24, 2.45) is 0 Å². The van der Waals surface area contributed by atoms with E-state index >= 15 is 0 Å². The Hall–Kier alpha value is -2.49. The lowest BCUT2D eigenvalue weighted by atomic mass is 10.0. The number of pyridine rings is 1. The lowest BCUT2D eigenvalue weighted by Crippen LogP contribution is -1.95. The molecule has 0 saturated heterocycles. The zero-order valence-corrected chi connectivity index (χ0v) is 9.96. The maximum atomic E-state index is 4.24. The van der Waals surface area contributed by atoms with E-state index in [4.69, 9.17) is 0 Å². The molecule has 3 rings (SSSR count). The summed E-state index contributed by atoms with van der Waals surface area (Å²) in [5.41, 5.74) is 1.94. The molecule has 0 aliphatic rings. The zero-order chi connectivity index (χ0) is 12.4. The Labute approximate surface area is 105 Å². The van der Waals surface area contributed by atoms with Gasteiger partial charge < -0.3 is 5.32 Å². The van der Waals surface area contributed by atoms with Crippen LogP contribution < -0.4 is 5.32 Å². The SMILES string of the molecule is CNc1ccc(-c2cccc3cnccc23)nn1.